The highest BCUT2D eigenvalue weighted by Crippen LogP contribution is 2.22. The van der Waals surface area contributed by atoms with Gasteiger partial charge >= 0.3 is 12.0 Å². The van der Waals surface area contributed by atoms with E-state index in [2.05, 4.69) is 5.32 Å². The molecule has 98 valence electrons. The number of carbonyl (C=O) groups excluding carboxylic acids is 1. The van der Waals surface area contributed by atoms with Crippen LogP contribution < -0.4 is 5.32 Å². The Bertz CT molecular complexity index is 436. The molecule has 2 unspecified atom stereocenters. The van der Waals surface area contributed by atoms with Crippen LogP contribution in [0.4, 0.5) is 4.79 Å². The van der Waals surface area contributed by atoms with Crippen molar-refractivity contribution in [3.63, 3.8) is 0 Å². The summed E-state index contributed by atoms with van der Waals surface area (Å²) in [5.74, 6) is -0.0623. The predicted molar refractivity (Wildman–Crippen MR) is 71.9 cm³/mol. The summed E-state index contributed by atoms with van der Waals surface area (Å²) in [7, 11) is 0. The molecule has 1 fully saturated rings. The second-order valence-electron chi connectivity index (χ2n) is 4.05. The second-order valence-corrected chi connectivity index (χ2v) is 5.83. The number of rotatable bonds is 3. The number of nitrogens with zero attached hydrogens (tertiary/aromatic N) is 1. The first kappa shape index (κ1) is 13.2. The first-order chi connectivity index (χ1) is 8.59. The largest absolute Gasteiger partial charge is 0.480 e. The van der Waals surface area contributed by atoms with Crippen molar-refractivity contribution in [2.24, 2.45) is 0 Å². The van der Waals surface area contributed by atoms with Crippen LogP contribution in [0.2, 0.25) is 0 Å². The smallest absolute Gasteiger partial charge is 0.327 e. The minimum Gasteiger partial charge on any atom is -0.480 e. The molecule has 1 aliphatic heterocycles. The number of amides is 2. The van der Waals surface area contributed by atoms with Gasteiger partial charge in [0.1, 0.15) is 6.04 Å². The van der Waals surface area contributed by atoms with Gasteiger partial charge in [-0.05, 0) is 29.3 Å². The summed E-state index contributed by atoms with van der Waals surface area (Å²) < 4.78 is 0. The van der Waals surface area contributed by atoms with E-state index in [0.29, 0.717) is 11.6 Å². The SMILES string of the molecule is CC(NC(=O)N1CSCC1C(=O)O)c1ccsc1. The van der Waals surface area contributed by atoms with Gasteiger partial charge in [0.2, 0.25) is 0 Å². The maximum Gasteiger partial charge on any atom is 0.327 e. The lowest BCUT2D eigenvalue weighted by molar-refractivity contribution is -0.140. The number of carboxylic acid groups (broad SMARTS) is 1. The monoisotopic (exact) mass is 286 g/mol. The normalized spacial score (nSPS) is 20.7. The summed E-state index contributed by atoms with van der Waals surface area (Å²) in [6.45, 7) is 1.89. The summed E-state index contributed by atoms with van der Waals surface area (Å²) in [6.07, 6.45) is 0. The fourth-order valence-electron chi connectivity index (χ4n) is 1.72. The van der Waals surface area contributed by atoms with Crippen LogP contribution in [0.25, 0.3) is 0 Å². The van der Waals surface area contributed by atoms with E-state index in [1.54, 1.807) is 11.3 Å². The molecule has 2 amide bonds. The Hall–Kier alpha value is -1.21. The number of thioether (sulfide) groups is 1. The number of carboxylic acids is 1. The van der Waals surface area contributed by atoms with Crippen LogP contribution in [-0.4, -0.2) is 39.7 Å². The summed E-state index contributed by atoms with van der Waals surface area (Å²) in [5.41, 5.74) is 1.03. The molecule has 2 N–H and O–H groups in total. The molecule has 0 spiro atoms. The Balaban J connectivity index is 1.97. The van der Waals surface area contributed by atoms with Gasteiger partial charge in [-0.2, -0.15) is 11.3 Å². The molecule has 1 saturated heterocycles. The van der Waals surface area contributed by atoms with E-state index in [4.69, 9.17) is 5.11 Å². The number of hydrogen-bond acceptors (Lipinski definition) is 4. The van der Waals surface area contributed by atoms with E-state index in [0.717, 1.165) is 5.56 Å². The van der Waals surface area contributed by atoms with Crippen molar-refractivity contribution in [1.82, 2.24) is 10.2 Å². The quantitative estimate of drug-likeness (QED) is 0.891. The van der Waals surface area contributed by atoms with Gasteiger partial charge in [-0.1, -0.05) is 0 Å². The lowest BCUT2D eigenvalue weighted by Crippen LogP contribution is -2.47. The third kappa shape index (κ3) is 2.78. The molecule has 0 saturated carbocycles. The molecule has 0 aromatic carbocycles. The highest BCUT2D eigenvalue weighted by atomic mass is 32.2. The van der Waals surface area contributed by atoms with Crippen LogP contribution in [0.3, 0.4) is 0 Å². The number of hydrogen-bond donors (Lipinski definition) is 2. The molecule has 2 heterocycles. The van der Waals surface area contributed by atoms with Crippen LogP contribution in [-0.2, 0) is 4.79 Å². The Morgan fingerprint density at radius 1 is 1.61 bits per heavy atom. The molecule has 1 aliphatic rings. The first-order valence-electron chi connectivity index (χ1n) is 5.49. The molecule has 18 heavy (non-hydrogen) atoms. The van der Waals surface area contributed by atoms with Crippen molar-refractivity contribution in [3.05, 3.63) is 22.4 Å². The minimum absolute atomic E-state index is 0.108. The molecule has 0 radical (unpaired) electrons. The Morgan fingerprint density at radius 3 is 3.00 bits per heavy atom. The number of aliphatic carboxylic acids is 1. The molecular weight excluding hydrogens is 272 g/mol. The molecule has 1 aromatic heterocycles. The van der Waals surface area contributed by atoms with Gasteiger partial charge in [0.25, 0.3) is 0 Å². The summed E-state index contributed by atoms with van der Waals surface area (Å²) >= 11 is 3.03. The lowest BCUT2D eigenvalue weighted by atomic mass is 10.2. The number of nitrogens with one attached hydrogen (secondary N) is 1. The Labute approximate surface area is 113 Å². The molecule has 5 nitrogen and oxygen atoms in total. The highest BCUT2D eigenvalue weighted by Gasteiger charge is 2.34. The van der Waals surface area contributed by atoms with Crippen LogP contribution in [0.15, 0.2) is 16.8 Å². The summed E-state index contributed by atoms with van der Waals surface area (Å²) in [5, 5.41) is 15.8. The van der Waals surface area contributed by atoms with Gasteiger partial charge in [0.15, 0.2) is 0 Å². The van der Waals surface area contributed by atoms with Crippen LogP contribution in [0.1, 0.15) is 18.5 Å². The zero-order chi connectivity index (χ0) is 13.1. The molecule has 7 heteroatoms. The van der Waals surface area contributed by atoms with Gasteiger partial charge in [0.05, 0.1) is 11.9 Å². The van der Waals surface area contributed by atoms with Crippen molar-refractivity contribution in [2.75, 3.05) is 11.6 Å². The molecular formula is C11H14N2O3S2. The van der Waals surface area contributed by atoms with Crippen molar-refractivity contribution < 1.29 is 14.7 Å². The van der Waals surface area contributed by atoms with Crippen molar-refractivity contribution in [3.8, 4) is 0 Å². The van der Waals surface area contributed by atoms with Gasteiger partial charge < -0.3 is 15.3 Å². The topological polar surface area (TPSA) is 69.6 Å². The van der Waals surface area contributed by atoms with E-state index in [1.807, 2.05) is 23.8 Å². The first-order valence-corrected chi connectivity index (χ1v) is 7.59. The van der Waals surface area contributed by atoms with E-state index in [9.17, 15) is 9.59 Å². The molecule has 2 rings (SSSR count). The zero-order valence-electron chi connectivity index (χ0n) is 9.83. The maximum atomic E-state index is 12.0. The predicted octanol–water partition coefficient (Wildman–Crippen LogP) is 1.98. The van der Waals surface area contributed by atoms with Crippen molar-refractivity contribution >= 4 is 35.1 Å². The van der Waals surface area contributed by atoms with Crippen molar-refractivity contribution in [1.29, 1.82) is 0 Å². The third-order valence-electron chi connectivity index (χ3n) is 2.81. The minimum atomic E-state index is -0.946. The fraction of sp³-hybridized carbons (Fsp3) is 0.455. The Morgan fingerprint density at radius 2 is 2.39 bits per heavy atom. The van der Waals surface area contributed by atoms with Crippen LogP contribution >= 0.6 is 23.1 Å². The number of thiophene rings is 1. The Kier molecular flexibility index (Phi) is 4.13. The average Bonchev–Trinajstić information content (AvgIpc) is 3.00. The van der Waals surface area contributed by atoms with E-state index in [1.165, 1.54) is 16.7 Å². The lowest BCUT2D eigenvalue weighted by Gasteiger charge is -2.23. The van der Waals surface area contributed by atoms with Crippen LogP contribution in [0, 0.1) is 0 Å². The number of urea groups is 1. The highest BCUT2D eigenvalue weighted by molar-refractivity contribution is 7.99. The molecule has 0 aliphatic carbocycles. The average molecular weight is 286 g/mol. The van der Waals surface area contributed by atoms with Gasteiger partial charge in [0, 0.05) is 5.75 Å². The standard InChI is InChI=1S/C11H14N2O3S2/c1-7(8-2-3-17-4-8)12-11(16)13-6-18-5-9(13)10(14)15/h2-4,7,9H,5-6H2,1H3,(H,12,16)(H,14,15). The zero-order valence-corrected chi connectivity index (χ0v) is 11.5. The number of carbonyl (C=O) groups is 2. The van der Waals surface area contributed by atoms with E-state index < -0.39 is 12.0 Å². The maximum absolute atomic E-state index is 12.0. The third-order valence-corrected chi connectivity index (χ3v) is 4.53. The van der Waals surface area contributed by atoms with Gasteiger partial charge in [-0.3, -0.25) is 0 Å². The van der Waals surface area contributed by atoms with Gasteiger partial charge in [-0.15, -0.1) is 11.8 Å². The van der Waals surface area contributed by atoms with E-state index >= 15 is 0 Å². The molecule has 2 atom stereocenters. The van der Waals surface area contributed by atoms with Gasteiger partial charge in [-0.25, -0.2) is 9.59 Å². The fourth-order valence-corrected chi connectivity index (χ4v) is 3.62. The van der Waals surface area contributed by atoms with Crippen molar-refractivity contribution in [2.45, 2.75) is 19.0 Å². The second kappa shape index (κ2) is 5.62. The summed E-state index contributed by atoms with van der Waals surface area (Å²) in [6, 6.07) is 0.808. The molecule has 0 bridgehead atoms. The van der Waals surface area contributed by atoms with Crippen LogP contribution in [0.5, 0.6) is 0 Å². The van der Waals surface area contributed by atoms with E-state index in [-0.39, 0.29) is 12.1 Å². The summed E-state index contributed by atoms with van der Waals surface area (Å²) in [4.78, 5) is 24.4. The molecule has 1 aromatic rings.